The predicted molar refractivity (Wildman–Crippen MR) is 79.6 cm³/mol. The van der Waals surface area contributed by atoms with Crippen molar-refractivity contribution in [2.45, 2.75) is 20.3 Å². The van der Waals surface area contributed by atoms with E-state index in [1.165, 1.54) is 0 Å². The maximum absolute atomic E-state index is 5.57. The van der Waals surface area contributed by atoms with E-state index in [9.17, 15) is 0 Å². The number of aromatic nitrogens is 4. The largest absolute Gasteiger partial charge is 0.492 e. The first-order chi connectivity index (χ1) is 10.3. The maximum atomic E-state index is 5.57. The summed E-state index contributed by atoms with van der Waals surface area (Å²) in [4.78, 5) is 16.9. The molecule has 0 fully saturated rings. The minimum atomic E-state index is 0.284. The SMILES string of the molecule is CCCOc1cncc(-c2nc(NC)nc(OCC)n2)c1. The molecule has 2 heterocycles. The second-order valence-electron chi connectivity index (χ2n) is 4.21. The van der Waals surface area contributed by atoms with E-state index >= 15 is 0 Å². The standard InChI is InChI=1S/C14H19N5O2/c1-4-6-21-11-7-10(8-16-9-11)12-17-13(15-3)19-14(18-12)20-5-2/h7-9H,4-6H2,1-3H3,(H,15,17,18,19). The number of nitrogens with zero attached hydrogens (tertiary/aromatic N) is 4. The van der Waals surface area contributed by atoms with Gasteiger partial charge in [0, 0.05) is 18.8 Å². The summed E-state index contributed by atoms with van der Waals surface area (Å²) in [7, 11) is 1.74. The third-order valence-electron chi connectivity index (χ3n) is 2.56. The normalized spacial score (nSPS) is 10.2. The van der Waals surface area contributed by atoms with E-state index in [0.717, 1.165) is 12.0 Å². The molecule has 0 unspecified atom stereocenters. The molecule has 0 amide bonds. The zero-order chi connectivity index (χ0) is 15.1. The van der Waals surface area contributed by atoms with Crippen LogP contribution in [0.15, 0.2) is 18.5 Å². The first-order valence-corrected chi connectivity index (χ1v) is 6.91. The fourth-order valence-corrected chi connectivity index (χ4v) is 1.63. The topological polar surface area (TPSA) is 82.1 Å². The molecule has 0 saturated heterocycles. The van der Waals surface area contributed by atoms with Crippen LogP contribution in [0.1, 0.15) is 20.3 Å². The molecule has 0 spiro atoms. The Labute approximate surface area is 123 Å². The number of anilines is 1. The Morgan fingerprint density at radius 1 is 1.10 bits per heavy atom. The first kappa shape index (κ1) is 15.0. The third kappa shape index (κ3) is 4.01. The molecule has 0 radical (unpaired) electrons. The van der Waals surface area contributed by atoms with Gasteiger partial charge in [0.05, 0.1) is 19.4 Å². The number of hydrogen-bond donors (Lipinski definition) is 1. The van der Waals surface area contributed by atoms with Crippen LogP contribution in [-0.4, -0.2) is 40.2 Å². The van der Waals surface area contributed by atoms with E-state index in [2.05, 4.69) is 32.2 Å². The molecule has 21 heavy (non-hydrogen) atoms. The number of hydrogen-bond acceptors (Lipinski definition) is 7. The molecule has 0 aliphatic rings. The molecule has 0 aromatic carbocycles. The van der Waals surface area contributed by atoms with Gasteiger partial charge >= 0.3 is 6.01 Å². The van der Waals surface area contributed by atoms with Gasteiger partial charge in [0.25, 0.3) is 0 Å². The third-order valence-corrected chi connectivity index (χ3v) is 2.56. The highest BCUT2D eigenvalue weighted by Crippen LogP contribution is 2.22. The molecule has 0 saturated carbocycles. The number of pyridine rings is 1. The smallest absolute Gasteiger partial charge is 0.321 e. The summed E-state index contributed by atoms with van der Waals surface area (Å²) in [6.45, 7) is 5.07. The Morgan fingerprint density at radius 2 is 1.95 bits per heavy atom. The van der Waals surface area contributed by atoms with Crippen molar-refractivity contribution in [3.63, 3.8) is 0 Å². The number of nitrogens with one attached hydrogen (secondary N) is 1. The summed E-state index contributed by atoms with van der Waals surface area (Å²) < 4.78 is 10.9. The van der Waals surface area contributed by atoms with E-state index in [4.69, 9.17) is 9.47 Å². The zero-order valence-corrected chi connectivity index (χ0v) is 12.5. The van der Waals surface area contributed by atoms with Crippen LogP contribution in [-0.2, 0) is 0 Å². The second-order valence-corrected chi connectivity index (χ2v) is 4.21. The van der Waals surface area contributed by atoms with Crippen LogP contribution in [0.2, 0.25) is 0 Å². The van der Waals surface area contributed by atoms with Gasteiger partial charge in [-0.25, -0.2) is 0 Å². The molecule has 7 nitrogen and oxygen atoms in total. The molecular weight excluding hydrogens is 270 g/mol. The van der Waals surface area contributed by atoms with Gasteiger partial charge in [-0.2, -0.15) is 15.0 Å². The molecule has 2 aromatic rings. The highest BCUT2D eigenvalue weighted by molar-refractivity contribution is 5.57. The Balaban J connectivity index is 2.33. The van der Waals surface area contributed by atoms with Gasteiger partial charge in [-0.15, -0.1) is 0 Å². The van der Waals surface area contributed by atoms with Crippen LogP contribution in [0.4, 0.5) is 5.95 Å². The summed E-state index contributed by atoms with van der Waals surface area (Å²) in [5.74, 6) is 1.63. The van der Waals surface area contributed by atoms with Crippen LogP contribution in [0.25, 0.3) is 11.4 Å². The molecule has 112 valence electrons. The molecule has 0 bridgehead atoms. The van der Waals surface area contributed by atoms with E-state index in [1.807, 2.05) is 13.0 Å². The molecular formula is C14H19N5O2. The molecule has 2 aromatic heterocycles. The molecule has 0 aliphatic heterocycles. The predicted octanol–water partition coefficient (Wildman–Crippen LogP) is 2.16. The van der Waals surface area contributed by atoms with Crippen molar-refractivity contribution in [1.82, 2.24) is 19.9 Å². The summed E-state index contributed by atoms with van der Waals surface area (Å²) in [5, 5.41) is 2.89. The summed E-state index contributed by atoms with van der Waals surface area (Å²) in [6.07, 6.45) is 4.29. The minimum absolute atomic E-state index is 0.284. The van der Waals surface area contributed by atoms with E-state index < -0.39 is 0 Å². The van der Waals surface area contributed by atoms with Gasteiger partial charge in [-0.1, -0.05) is 6.92 Å². The van der Waals surface area contributed by atoms with Crippen molar-refractivity contribution < 1.29 is 9.47 Å². The second kappa shape index (κ2) is 7.37. The van der Waals surface area contributed by atoms with Crippen LogP contribution < -0.4 is 14.8 Å². The van der Waals surface area contributed by atoms with E-state index in [0.29, 0.717) is 30.7 Å². The summed E-state index contributed by atoms with van der Waals surface area (Å²) >= 11 is 0. The minimum Gasteiger partial charge on any atom is -0.492 e. The Hall–Kier alpha value is -2.44. The highest BCUT2D eigenvalue weighted by Gasteiger charge is 2.10. The van der Waals surface area contributed by atoms with Crippen LogP contribution in [0, 0.1) is 0 Å². The lowest BCUT2D eigenvalue weighted by Gasteiger charge is -2.08. The van der Waals surface area contributed by atoms with Gasteiger partial charge in [0.2, 0.25) is 5.95 Å². The lowest BCUT2D eigenvalue weighted by Crippen LogP contribution is -2.05. The Kier molecular flexibility index (Phi) is 5.25. The Bertz CT molecular complexity index is 591. The average molecular weight is 289 g/mol. The Morgan fingerprint density at radius 3 is 2.67 bits per heavy atom. The average Bonchev–Trinajstić information content (AvgIpc) is 2.53. The fourth-order valence-electron chi connectivity index (χ4n) is 1.63. The lowest BCUT2D eigenvalue weighted by atomic mass is 10.2. The van der Waals surface area contributed by atoms with Crippen LogP contribution in [0.5, 0.6) is 11.8 Å². The van der Waals surface area contributed by atoms with Crippen LogP contribution in [0.3, 0.4) is 0 Å². The van der Waals surface area contributed by atoms with E-state index in [-0.39, 0.29) is 6.01 Å². The number of rotatable bonds is 7. The first-order valence-electron chi connectivity index (χ1n) is 6.91. The number of ether oxygens (including phenoxy) is 2. The van der Waals surface area contributed by atoms with Gasteiger partial charge in [-0.3, -0.25) is 4.98 Å². The van der Waals surface area contributed by atoms with E-state index in [1.54, 1.807) is 19.4 Å². The molecule has 0 aliphatic carbocycles. The molecule has 0 atom stereocenters. The van der Waals surface area contributed by atoms with Crippen molar-refractivity contribution in [2.24, 2.45) is 0 Å². The lowest BCUT2D eigenvalue weighted by molar-refractivity contribution is 0.312. The quantitative estimate of drug-likeness (QED) is 0.836. The molecule has 1 N–H and O–H groups in total. The van der Waals surface area contributed by atoms with Gasteiger partial charge in [-0.05, 0) is 19.4 Å². The molecule has 7 heteroatoms. The summed E-state index contributed by atoms with van der Waals surface area (Å²) in [5.41, 5.74) is 0.753. The van der Waals surface area contributed by atoms with Crippen molar-refractivity contribution in [3.8, 4) is 23.1 Å². The highest BCUT2D eigenvalue weighted by atomic mass is 16.5. The monoisotopic (exact) mass is 289 g/mol. The van der Waals surface area contributed by atoms with Crippen molar-refractivity contribution >= 4 is 5.95 Å². The van der Waals surface area contributed by atoms with Gasteiger partial charge < -0.3 is 14.8 Å². The maximum Gasteiger partial charge on any atom is 0.321 e. The zero-order valence-electron chi connectivity index (χ0n) is 12.5. The van der Waals surface area contributed by atoms with Gasteiger partial charge in [0.15, 0.2) is 5.82 Å². The van der Waals surface area contributed by atoms with Gasteiger partial charge in [0.1, 0.15) is 5.75 Å². The van der Waals surface area contributed by atoms with Crippen molar-refractivity contribution in [1.29, 1.82) is 0 Å². The summed E-state index contributed by atoms with van der Waals surface area (Å²) in [6, 6.07) is 2.14. The van der Waals surface area contributed by atoms with Crippen LogP contribution >= 0.6 is 0 Å². The van der Waals surface area contributed by atoms with Crippen molar-refractivity contribution in [3.05, 3.63) is 18.5 Å². The van der Waals surface area contributed by atoms with Crippen molar-refractivity contribution in [2.75, 3.05) is 25.6 Å². The molecule has 2 rings (SSSR count). The fraction of sp³-hybridized carbons (Fsp3) is 0.429.